The van der Waals surface area contributed by atoms with Gasteiger partial charge in [-0.05, 0) is 74.5 Å². The van der Waals surface area contributed by atoms with Gasteiger partial charge in [0, 0.05) is 28.6 Å². The van der Waals surface area contributed by atoms with Crippen LogP contribution in [0.2, 0.25) is 5.02 Å². The number of carbonyl (C=O) groups excluding carboxylic acids is 2. The molecule has 2 aliphatic rings. The molecule has 1 fully saturated rings. The predicted molar refractivity (Wildman–Crippen MR) is 135 cm³/mol. The molecule has 32 heavy (non-hydrogen) atoms. The number of amidine groups is 1. The number of hydrogen-bond acceptors (Lipinski definition) is 6. The minimum atomic E-state index is -0.0117. The third kappa shape index (κ3) is 4.47. The molecule has 8 heteroatoms. The maximum atomic E-state index is 13.5. The number of anilines is 1. The smallest absolute Gasteiger partial charge is 0.269 e. The lowest BCUT2D eigenvalue weighted by atomic mass is 10.1. The van der Waals surface area contributed by atoms with Crippen LogP contribution in [0.1, 0.15) is 44.0 Å². The molecule has 2 heterocycles. The molecule has 0 spiro atoms. The fourth-order valence-corrected chi connectivity index (χ4v) is 6.12. The van der Waals surface area contributed by atoms with Crippen LogP contribution in [0.25, 0.3) is 0 Å². The molecule has 166 valence electrons. The molecular formula is C24H24ClN3O2S2. The molecule has 0 N–H and O–H groups in total. The Balaban J connectivity index is 1.72. The highest BCUT2D eigenvalue weighted by atomic mass is 35.5. The number of halogens is 1. The maximum absolute atomic E-state index is 13.5. The molecular weight excluding hydrogens is 462 g/mol. The second-order valence-corrected chi connectivity index (χ2v) is 9.95. The van der Waals surface area contributed by atoms with Crippen molar-refractivity contribution >= 4 is 63.4 Å². The van der Waals surface area contributed by atoms with Crippen LogP contribution in [0, 0.1) is 0 Å². The highest BCUT2D eigenvalue weighted by molar-refractivity contribution is 8.19. The average molecular weight is 486 g/mol. The summed E-state index contributed by atoms with van der Waals surface area (Å²) in [5.74, 6) is 0.00575. The Hall–Kier alpha value is -2.22. The number of fused-ring (bicyclic) bond motifs is 1. The number of Topliss-reactive ketones (excluding diaryl/α,β-unsaturated/α-hetero) is 1. The monoisotopic (exact) mass is 485 g/mol. The molecule has 0 atom stereocenters. The van der Waals surface area contributed by atoms with Crippen molar-refractivity contribution in [1.82, 2.24) is 4.90 Å². The fraction of sp³-hybridized carbons (Fsp3) is 0.292. The minimum Gasteiger partial charge on any atom is -0.334 e. The van der Waals surface area contributed by atoms with Gasteiger partial charge >= 0.3 is 0 Å². The number of aliphatic imine (C=N–C) groups is 1. The lowest BCUT2D eigenvalue weighted by Gasteiger charge is -2.19. The Morgan fingerprint density at radius 2 is 1.81 bits per heavy atom. The van der Waals surface area contributed by atoms with E-state index in [4.69, 9.17) is 16.6 Å². The third-order valence-electron chi connectivity index (χ3n) is 5.27. The number of carbonyl (C=O) groups is 2. The third-order valence-corrected chi connectivity index (χ3v) is 7.89. The molecule has 0 unspecified atom stereocenters. The number of hydrogen-bond donors (Lipinski definition) is 0. The van der Waals surface area contributed by atoms with Crippen molar-refractivity contribution in [2.75, 3.05) is 18.0 Å². The molecule has 0 saturated carbocycles. The number of benzene rings is 2. The Bertz CT molecular complexity index is 1130. The van der Waals surface area contributed by atoms with Gasteiger partial charge in [-0.15, -0.1) is 0 Å². The number of thioether (sulfide) groups is 2. The van der Waals surface area contributed by atoms with Crippen molar-refractivity contribution in [3.63, 3.8) is 0 Å². The van der Waals surface area contributed by atoms with E-state index < -0.39 is 0 Å². The van der Waals surface area contributed by atoms with Gasteiger partial charge in [-0.2, -0.15) is 0 Å². The summed E-state index contributed by atoms with van der Waals surface area (Å²) < 4.78 is 0. The minimum absolute atomic E-state index is 0.0117. The lowest BCUT2D eigenvalue weighted by Crippen LogP contribution is -2.30. The van der Waals surface area contributed by atoms with Crippen LogP contribution in [-0.2, 0) is 4.79 Å². The molecule has 1 saturated heterocycles. The van der Waals surface area contributed by atoms with Gasteiger partial charge in [0.1, 0.15) is 9.93 Å². The largest absolute Gasteiger partial charge is 0.334 e. The Kier molecular flexibility index (Phi) is 6.98. The van der Waals surface area contributed by atoms with Crippen molar-refractivity contribution in [2.45, 2.75) is 38.5 Å². The van der Waals surface area contributed by atoms with Gasteiger partial charge in [0.25, 0.3) is 5.91 Å². The highest BCUT2D eigenvalue weighted by Crippen LogP contribution is 2.51. The van der Waals surface area contributed by atoms with Gasteiger partial charge < -0.3 is 4.90 Å². The van der Waals surface area contributed by atoms with Crippen LogP contribution in [0.4, 0.5) is 11.4 Å². The van der Waals surface area contributed by atoms with Crippen LogP contribution >= 0.6 is 35.1 Å². The summed E-state index contributed by atoms with van der Waals surface area (Å²) in [4.78, 5) is 35.5. The predicted octanol–water partition coefficient (Wildman–Crippen LogP) is 6.71. The van der Waals surface area contributed by atoms with Crippen LogP contribution in [0.15, 0.2) is 62.3 Å². The van der Waals surface area contributed by atoms with Crippen molar-refractivity contribution in [1.29, 1.82) is 0 Å². The zero-order valence-corrected chi connectivity index (χ0v) is 20.6. The van der Waals surface area contributed by atoms with Crippen LogP contribution in [-0.4, -0.2) is 34.8 Å². The molecule has 2 aliphatic heterocycles. The molecule has 1 amide bonds. The number of ketones is 1. The van der Waals surface area contributed by atoms with Gasteiger partial charge in [-0.25, -0.2) is 4.99 Å². The summed E-state index contributed by atoms with van der Waals surface area (Å²) in [5.41, 5.74) is 2.40. The Labute approximate surface area is 201 Å². The molecule has 0 bridgehead atoms. The van der Waals surface area contributed by atoms with Crippen LogP contribution < -0.4 is 4.90 Å². The van der Waals surface area contributed by atoms with Crippen molar-refractivity contribution in [3.05, 3.63) is 63.0 Å². The number of unbranched alkanes of at least 4 members (excludes halogenated alkanes) is 1. The first-order valence-corrected chi connectivity index (χ1v) is 12.6. The molecule has 4 rings (SSSR count). The van der Waals surface area contributed by atoms with E-state index in [9.17, 15) is 9.59 Å². The second-order valence-electron chi connectivity index (χ2n) is 7.50. The first-order chi connectivity index (χ1) is 15.4. The summed E-state index contributed by atoms with van der Waals surface area (Å²) in [6, 6.07) is 13.0. The van der Waals surface area contributed by atoms with E-state index in [0.29, 0.717) is 27.2 Å². The van der Waals surface area contributed by atoms with Crippen LogP contribution in [0.3, 0.4) is 0 Å². The molecule has 2 aromatic carbocycles. The van der Waals surface area contributed by atoms with Crippen molar-refractivity contribution in [2.24, 2.45) is 4.99 Å². The number of nitrogens with zero attached hydrogens (tertiary/aromatic N) is 3. The van der Waals surface area contributed by atoms with Crippen molar-refractivity contribution < 1.29 is 9.59 Å². The lowest BCUT2D eigenvalue weighted by molar-refractivity contribution is -0.122. The zero-order chi connectivity index (χ0) is 22.8. The Morgan fingerprint density at radius 1 is 1.06 bits per heavy atom. The summed E-state index contributed by atoms with van der Waals surface area (Å²) >= 11 is 9.26. The summed E-state index contributed by atoms with van der Waals surface area (Å²) in [7, 11) is 0. The van der Waals surface area contributed by atoms with Crippen LogP contribution in [0.5, 0.6) is 0 Å². The van der Waals surface area contributed by atoms with Gasteiger partial charge in [-0.1, -0.05) is 36.7 Å². The van der Waals surface area contributed by atoms with E-state index in [0.717, 1.165) is 40.7 Å². The number of rotatable bonds is 6. The summed E-state index contributed by atoms with van der Waals surface area (Å²) in [6.45, 7) is 7.08. The van der Waals surface area contributed by atoms with Gasteiger partial charge in [0.15, 0.2) is 11.0 Å². The fourth-order valence-electron chi connectivity index (χ4n) is 3.55. The first kappa shape index (κ1) is 23.0. The Morgan fingerprint density at radius 3 is 2.47 bits per heavy atom. The molecule has 5 nitrogen and oxygen atoms in total. The SMILES string of the molecule is CCCCN1C(=O)C(=C2Sc3ccc(Cl)cc3N2CC)SC1=Nc1ccc(C(C)=O)cc1. The molecule has 0 aliphatic carbocycles. The standard InChI is InChI=1S/C24H24ClN3O2S2/c1-4-6-13-28-22(30)21(23-27(5-2)19-14-17(25)9-12-20(19)31-23)32-24(28)26-18-10-7-16(8-11-18)15(3)29/h7-12,14H,4-6,13H2,1-3H3. The topological polar surface area (TPSA) is 53.0 Å². The van der Waals surface area contributed by atoms with E-state index in [1.165, 1.54) is 11.8 Å². The summed E-state index contributed by atoms with van der Waals surface area (Å²) in [5, 5.41) is 2.28. The maximum Gasteiger partial charge on any atom is 0.269 e. The number of amides is 1. The first-order valence-electron chi connectivity index (χ1n) is 10.6. The van der Waals surface area contributed by atoms with Gasteiger partial charge in [-0.3, -0.25) is 14.5 Å². The molecule has 0 radical (unpaired) electrons. The summed E-state index contributed by atoms with van der Waals surface area (Å²) in [6.07, 6.45) is 1.89. The van der Waals surface area contributed by atoms with Gasteiger partial charge in [0.2, 0.25) is 0 Å². The highest BCUT2D eigenvalue weighted by Gasteiger charge is 2.39. The second kappa shape index (κ2) is 9.73. The molecule has 2 aromatic rings. The molecule has 0 aromatic heterocycles. The quantitative estimate of drug-likeness (QED) is 0.336. The zero-order valence-electron chi connectivity index (χ0n) is 18.2. The van der Waals surface area contributed by atoms with Crippen molar-refractivity contribution in [3.8, 4) is 0 Å². The van der Waals surface area contributed by atoms with E-state index in [2.05, 4.69) is 18.7 Å². The van der Waals surface area contributed by atoms with Gasteiger partial charge in [0.05, 0.1) is 11.4 Å². The van der Waals surface area contributed by atoms with E-state index in [1.54, 1.807) is 35.7 Å². The van der Waals surface area contributed by atoms with E-state index in [-0.39, 0.29) is 11.7 Å². The normalized spacial score (nSPS) is 19.2. The van der Waals surface area contributed by atoms with E-state index in [1.807, 2.05) is 30.3 Å². The van der Waals surface area contributed by atoms with E-state index >= 15 is 0 Å². The average Bonchev–Trinajstić information content (AvgIpc) is 3.29.